The molecule has 1 N–H and O–H groups in total. The highest BCUT2D eigenvalue weighted by atomic mass is 35.5. The molecule has 1 aromatic heterocycles. The Kier molecular flexibility index (Phi) is 4.48. The first kappa shape index (κ1) is 15.4. The summed E-state index contributed by atoms with van der Waals surface area (Å²) in [6.45, 7) is 0.543. The summed E-state index contributed by atoms with van der Waals surface area (Å²) < 4.78 is 6.91. The normalized spacial score (nSPS) is 10.7. The summed E-state index contributed by atoms with van der Waals surface area (Å²) in [5, 5.41) is 8.58. The number of amides is 1. The van der Waals surface area contributed by atoms with Crippen molar-refractivity contribution >= 4 is 28.4 Å². The summed E-state index contributed by atoms with van der Waals surface area (Å²) in [5.41, 5.74) is 1.77. The van der Waals surface area contributed by atoms with E-state index in [1.165, 1.54) is 0 Å². The van der Waals surface area contributed by atoms with Crippen LogP contribution in [0.15, 0.2) is 48.7 Å². The van der Waals surface area contributed by atoms with Crippen molar-refractivity contribution in [2.24, 2.45) is 0 Å². The molecular formula is C17H16ClN3O2. The van der Waals surface area contributed by atoms with Crippen molar-refractivity contribution in [3.05, 3.63) is 59.2 Å². The van der Waals surface area contributed by atoms with Crippen LogP contribution in [0.1, 0.15) is 5.56 Å². The number of carbonyl (C=O) groups is 1. The van der Waals surface area contributed by atoms with E-state index >= 15 is 0 Å². The molecule has 6 heteroatoms. The Morgan fingerprint density at radius 3 is 2.91 bits per heavy atom. The van der Waals surface area contributed by atoms with E-state index in [1.54, 1.807) is 24.1 Å². The number of aromatic nitrogens is 2. The minimum absolute atomic E-state index is 0.124. The van der Waals surface area contributed by atoms with Gasteiger partial charge in [-0.15, -0.1) is 0 Å². The third-order valence-electron chi connectivity index (χ3n) is 3.60. The van der Waals surface area contributed by atoms with Gasteiger partial charge in [-0.3, -0.25) is 9.48 Å². The fraction of sp³-hybridized carbons (Fsp3) is 0.176. The van der Waals surface area contributed by atoms with Gasteiger partial charge in [-0.2, -0.15) is 5.10 Å². The molecule has 5 nitrogen and oxygen atoms in total. The molecule has 0 saturated carbocycles. The van der Waals surface area contributed by atoms with Gasteiger partial charge in [-0.1, -0.05) is 35.9 Å². The van der Waals surface area contributed by atoms with E-state index in [4.69, 9.17) is 16.3 Å². The molecule has 0 aliphatic carbocycles. The van der Waals surface area contributed by atoms with Crippen molar-refractivity contribution in [2.75, 3.05) is 7.11 Å². The number of methoxy groups -OCH3 is 1. The Balaban J connectivity index is 1.68. The first-order chi connectivity index (χ1) is 11.2. The van der Waals surface area contributed by atoms with E-state index in [9.17, 15) is 4.79 Å². The molecule has 0 unspecified atom stereocenters. The third-order valence-corrected chi connectivity index (χ3v) is 3.93. The largest absolute Gasteiger partial charge is 0.496 e. The highest BCUT2D eigenvalue weighted by Crippen LogP contribution is 2.22. The van der Waals surface area contributed by atoms with Crippen LogP contribution in [-0.2, 0) is 17.9 Å². The van der Waals surface area contributed by atoms with Crippen LogP contribution >= 0.6 is 11.6 Å². The minimum Gasteiger partial charge on any atom is -0.496 e. The Morgan fingerprint density at radius 1 is 1.26 bits per heavy atom. The summed E-state index contributed by atoms with van der Waals surface area (Å²) >= 11 is 6.11. The predicted molar refractivity (Wildman–Crippen MR) is 89.6 cm³/mol. The lowest BCUT2D eigenvalue weighted by Crippen LogP contribution is -2.27. The number of ether oxygens (including phenoxy) is 1. The van der Waals surface area contributed by atoms with E-state index in [0.717, 1.165) is 22.2 Å². The number of hydrogen-bond acceptors (Lipinski definition) is 3. The van der Waals surface area contributed by atoms with Crippen LogP contribution in [-0.4, -0.2) is 22.8 Å². The summed E-state index contributed by atoms with van der Waals surface area (Å²) in [6.07, 6.45) is 1.67. The van der Waals surface area contributed by atoms with Crippen LogP contribution < -0.4 is 10.1 Å². The smallest absolute Gasteiger partial charge is 0.242 e. The zero-order chi connectivity index (χ0) is 16.2. The van der Waals surface area contributed by atoms with Gasteiger partial charge in [-0.25, -0.2) is 0 Å². The second-order valence-electron chi connectivity index (χ2n) is 5.06. The van der Waals surface area contributed by atoms with E-state index in [2.05, 4.69) is 10.4 Å². The number of rotatable bonds is 5. The molecule has 0 fully saturated rings. The summed E-state index contributed by atoms with van der Waals surface area (Å²) in [7, 11) is 1.61. The highest BCUT2D eigenvalue weighted by molar-refractivity contribution is 6.35. The van der Waals surface area contributed by atoms with Gasteiger partial charge >= 0.3 is 0 Å². The number of nitrogens with zero attached hydrogens (tertiary/aromatic N) is 2. The Morgan fingerprint density at radius 2 is 2.09 bits per heavy atom. The maximum Gasteiger partial charge on any atom is 0.242 e. The van der Waals surface area contributed by atoms with Crippen LogP contribution in [0.25, 0.3) is 10.9 Å². The van der Waals surface area contributed by atoms with Crippen LogP contribution in [0.2, 0.25) is 5.02 Å². The quantitative estimate of drug-likeness (QED) is 0.783. The van der Waals surface area contributed by atoms with Gasteiger partial charge in [-0.05, 0) is 18.2 Å². The minimum atomic E-state index is -0.124. The molecule has 0 aliphatic heterocycles. The number of benzene rings is 2. The second-order valence-corrected chi connectivity index (χ2v) is 5.47. The Bertz CT molecular complexity index is 845. The number of halogens is 1. The lowest BCUT2D eigenvalue weighted by Gasteiger charge is -2.10. The molecule has 118 valence electrons. The van der Waals surface area contributed by atoms with Crippen molar-refractivity contribution in [1.29, 1.82) is 0 Å². The zero-order valence-corrected chi connectivity index (χ0v) is 13.4. The van der Waals surface area contributed by atoms with E-state index < -0.39 is 0 Å². The van der Waals surface area contributed by atoms with E-state index in [1.807, 2.05) is 36.4 Å². The molecule has 2 aromatic carbocycles. The molecule has 3 aromatic rings. The number of fused-ring (bicyclic) bond motifs is 1. The molecule has 0 radical (unpaired) electrons. The first-order valence-corrected chi connectivity index (χ1v) is 7.55. The van der Waals surface area contributed by atoms with Crippen molar-refractivity contribution in [2.45, 2.75) is 13.1 Å². The molecule has 0 aliphatic rings. The van der Waals surface area contributed by atoms with Crippen molar-refractivity contribution in [1.82, 2.24) is 15.1 Å². The van der Waals surface area contributed by atoms with Crippen LogP contribution in [0.3, 0.4) is 0 Å². The fourth-order valence-electron chi connectivity index (χ4n) is 2.43. The third kappa shape index (κ3) is 3.29. The number of hydrogen-bond donors (Lipinski definition) is 1. The van der Waals surface area contributed by atoms with Gasteiger partial charge in [0.1, 0.15) is 12.3 Å². The summed E-state index contributed by atoms with van der Waals surface area (Å²) in [4.78, 5) is 12.2. The van der Waals surface area contributed by atoms with Gasteiger partial charge in [0.25, 0.3) is 0 Å². The molecule has 0 spiro atoms. The summed E-state index contributed by atoms with van der Waals surface area (Å²) in [5.74, 6) is 0.630. The number of nitrogens with one attached hydrogen (secondary N) is 1. The van der Waals surface area contributed by atoms with E-state index in [-0.39, 0.29) is 12.5 Å². The highest BCUT2D eigenvalue weighted by Gasteiger charge is 2.10. The lowest BCUT2D eigenvalue weighted by molar-refractivity contribution is -0.121. The molecule has 0 saturated heterocycles. The van der Waals surface area contributed by atoms with E-state index in [0.29, 0.717) is 11.6 Å². The van der Waals surface area contributed by atoms with Crippen molar-refractivity contribution in [3.63, 3.8) is 0 Å². The second kappa shape index (κ2) is 6.71. The number of carbonyl (C=O) groups excluding carboxylic acids is 1. The fourth-order valence-corrected chi connectivity index (χ4v) is 2.65. The average molecular weight is 330 g/mol. The molecule has 1 amide bonds. The van der Waals surface area contributed by atoms with Crippen molar-refractivity contribution < 1.29 is 9.53 Å². The predicted octanol–water partition coefficient (Wildman–Crippen LogP) is 3.01. The average Bonchev–Trinajstić information content (AvgIpc) is 2.97. The maximum atomic E-state index is 12.2. The van der Waals surface area contributed by atoms with Gasteiger partial charge in [0, 0.05) is 17.5 Å². The Labute approximate surface area is 138 Å². The van der Waals surface area contributed by atoms with Gasteiger partial charge < -0.3 is 10.1 Å². The van der Waals surface area contributed by atoms with Crippen LogP contribution in [0.4, 0.5) is 0 Å². The lowest BCUT2D eigenvalue weighted by atomic mass is 10.2. The van der Waals surface area contributed by atoms with Crippen LogP contribution in [0, 0.1) is 0 Å². The van der Waals surface area contributed by atoms with Gasteiger partial charge in [0.15, 0.2) is 0 Å². The van der Waals surface area contributed by atoms with Gasteiger partial charge in [0.2, 0.25) is 5.91 Å². The van der Waals surface area contributed by atoms with Gasteiger partial charge in [0.05, 0.1) is 23.8 Å². The molecule has 23 heavy (non-hydrogen) atoms. The first-order valence-electron chi connectivity index (χ1n) is 7.17. The molecule has 0 atom stereocenters. The molecule has 0 bridgehead atoms. The molecular weight excluding hydrogens is 314 g/mol. The Hall–Kier alpha value is -2.53. The SMILES string of the molecule is COc1ccccc1CNC(=O)Cn1ncc2c(Cl)cccc21. The molecule has 1 heterocycles. The number of para-hydroxylation sites is 1. The summed E-state index contributed by atoms with van der Waals surface area (Å²) in [6, 6.07) is 13.1. The molecule has 3 rings (SSSR count). The zero-order valence-electron chi connectivity index (χ0n) is 12.6. The van der Waals surface area contributed by atoms with Crippen LogP contribution in [0.5, 0.6) is 5.75 Å². The topological polar surface area (TPSA) is 56.1 Å². The monoisotopic (exact) mass is 329 g/mol. The van der Waals surface area contributed by atoms with Crippen molar-refractivity contribution in [3.8, 4) is 5.75 Å². The standard InChI is InChI=1S/C17H16ClN3O2/c1-23-16-8-3-2-5-12(16)9-19-17(22)11-21-15-7-4-6-14(18)13(15)10-20-21/h2-8,10H,9,11H2,1H3,(H,19,22). The maximum absolute atomic E-state index is 12.2.